The molecule has 2 N–H and O–H groups in total. The Morgan fingerprint density at radius 3 is 2.89 bits per heavy atom. The molecule has 18 heavy (non-hydrogen) atoms. The number of hydrogen-bond acceptors (Lipinski definition) is 4. The number of carbonyl (C=O) groups is 1. The Morgan fingerprint density at radius 1 is 1.67 bits per heavy atom. The number of nitrogens with two attached hydrogens (primary N) is 1. The number of aryl methyl sites for hydroxylation is 2. The third kappa shape index (κ3) is 2.02. The molecule has 1 amide bonds. The number of nitrogens with zero attached hydrogens (tertiary/aromatic N) is 3. The number of hydrogen-bond donors (Lipinski definition) is 1. The molecule has 2 aromatic heterocycles. The average molecular weight is 266 g/mol. The Kier molecular flexibility index (Phi) is 3.41. The summed E-state index contributed by atoms with van der Waals surface area (Å²) in [4.78, 5) is 15.7. The van der Waals surface area contributed by atoms with Crippen LogP contribution in [-0.2, 0) is 7.05 Å². The van der Waals surface area contributed by atoms with Crippen molar-refractivity contribution >= 4 is 27.5 Å². The van der Waals surface area contributed by atoms with Crippen molar-refractivity contribution in [3.63, 3.8) is 0 Å². The van der Waals surface area contributed by atoms with Crippen LogP contribution in [0.2, 0.25) is 0 Å². The molecule has 0 saturated carbocycles. The number of carbonyl (C=O) groups excluding carboxylic acids is 1. The highest BCUT2D eigenvalue weighted by molar-refractivity contribution is 7.20. The van der Waals surface area contributed by atoms with Gasteiger partial charge in [-0.3, -0.25) is 9.48 Å². The monoisotopic (exact) mass is 266 g/mol. The van der Waals surface area contributed by atoms with Crippen molar-refractivity contribution in [1.82, 2.24) is 14.7 Å². The normalized spacial score (nSPS) is 12.9. The molecule has 0 bridgehead atoms. The van der Waals surface area contributed by atoms with Crippen molar-refractivity contribution in [2.24, 2.45) is 12.8 Å². The molecule has 0 aliphatic heterocycles. The lowest BCUT2D eigenvalue weighted by Gasteiger charge is -2.22. The van der Waals surface area contributed by atoms with Gasteiger partial charge in [-0.05, 0) is 19.9 Å². The molecule has 2 heterocycles. The van der Waals surface area contributed by atoms with Crippen molar-refractivity contribution in [2.75, 3.05) is 13.6 Å². The Labute approximate surface area is 110 Å². The summed E-state index contributed by atoms with van der Waals surface area (Å²) in [5.41, 5.74) is 6.54. The predicted octanol–water partition coefficient (Wildman–Crippen LogP) is 1.36. The van der Waals surface area contributed by atoms with Crippen molar-refractivity contribution in [3.05, 3.63) is 16.6 Å². The van der Waals surface area contributed by atoms with E-state index in [0.29, 0.717) is 6.54 Å². The molecule has 2 aromatic rings. The van der Waals surface area contributed by atoms with Gasteiger partial charge in [-0.15, -0.1) is 11.3 Å². The van der Waals surface area contributed by atoms with Gasteiger partial charge < -0.3 is 10.6 Å². The second kappa shape index (κ2) is 4.70. The van der Waals surface area contributed by atoms with Crippen LogP contribution in [0.15, 0.2) is 6.07 Å². The topological polar surface area (TPSA) is 64.2 Å². The third-order valence-corrected chi connectivity index (χ3v) is 4.42. The van der Waals surface area contributed by atoms with E-state index in [4.69, 9.17) is 5.73 Å². The molecule has 0 fully saturated rings. The van der Waals surface area contributed by atoms with Gasteiger partial charge in [0.05, 0.1) is 10.6 Å². The molecule has 6 heteroatoms. The molecule has 2 rings (SSSR count). The minimum atomic E-state index is 0.0218. The fourth-order valence-corrected chi connectivity index (χ4v) is 2.95. The van der Waals surface area contributed by atoms with Crippen molar-refractivity contribution < 1.29 is 4.79 Å². The Balaban J connectivity index is 2.37. The molecule has 0 spiro atoms. The zero-order chi connectivity index (χ0) is 13.4. The highest BCUT2D eigenvalue weighted by Crippen LogP contribution is 2.28. The summed E-state index contributed by atoms with van der Waals surface area (Å²) >= 11 is 1.48. The SMILES string of the molecule is Cc1nn(C)c2sc(C(=O)N(C)C(C)CN)cc12. The van der Waals surface area contributed by atoms with E-state index in [0.717, 1.165) is 20.8 Å². The lowest BCUT2D eigenvalue weighted by Crippen LogP contribution is -2.39. The molecule has 5 nitrogen and oxygen atoms in total. The van der Waals surface area contributed by atoms with E-state index in [1.54, 1.807) is 11.9 Å². The number of likely N-dealkylation sites (N-methyl/N-ethyl adjacent to an activating group) is 1. The van der Waals surface area contributed by atoms with Gasteiger partial charge in [0.1, 0.15) is 4.83 Å². The van der Waals surface area contributed by atoms with Crippen LogP contribution in [0.4, 0.5) is 0 Å². The number of thiophene rings is 1. The van der Waals surface area contributed by atoms with Gasteiger partial charge in [0, 0.05) is 32.1 Å². The first-order valence-corrected chi connectivity index (χ1v) is 6.67. The Morgan fingerprint density at radius 2 is 2.33 bits per heavy atom. The molecule has 0 aliphatic carbocycles. The molecular formula is C12H18N4OS. The van der Waals surface area contributed by atoms with E-state index in [2.05, 4.69) is 5.10 Å². The van der Waals surface area contributed by atoms with Crippen LogP contribution in [0.5, 0.6) is 0 Å². The third-order valence-electron chi connectivity index (χ3n) is 3.23. The Hall–Kier alpha value is -1.40. The van der Waals surface area contributed by atoms with Gasteiger partial charge in [0.25, 0.3) is 5.91 Å². The van der Waals surface area contributed by atoms with Crippen LogP contribution >= 0.6 is 11.3 Å². The largest absolute Gasteiger partial charge is 0.337 e. The molecule has 1 unspecified atom stereocenters. The van der Waals surface area contributed by atoms with E-state index >= 15 is 0 Å². The van der Waals surface area contributed by atoms with Gasteiger partial charge >= 0.3 is 0 Å². The first kappa shape index (κ1) is 13.0. The fraction of sp³-hybridized carbons (Fsp3) is 0.500. The first-order chi connectivity index (χ1) is 8.45. The van der Waals surface area contributed by atoms with Gasteiger partial charge in [0.2, 0.25) is 0 Å². The van der Waals surface area contributed by atoms with Crippen molar-refractivity contribution in [2.45, 2.75) is 19.9 Å². The molecule has 1 atom stereocenters. The van der Waals surface area contributed by atoms with Gasteiger partial charge in [0.15, 0.2) is 0 Å². The highest BCUT2D eigenvalue weighted by Gasteiger charge is 2.20. The van der Waals surface area contributed by atoms with Gasteiger partial charge in [-0.2, -0.15) is 5.10 Å². The summed E-state index contributed by atoms with van der Waals surface area (Å²) in [7, 11) is 3.68. The first-order valence-electron chi connectivity index (χ1n) is 5.86. The summed E-state index contributed by atoms with van der Waals surface area (Å²) in [5.74, 6) is 0.0218. The maximum Gasteiger partial charge on any atom is 0.264 e. The second-order valence-electron chi connectivity index (χ2n) is 4.54. The van der Waals surface area contributed by atoms with Crippen LogP contribution in [0, 0.1) is 6.92 Å². The Bertz CT molecular complexity index is 552. The molecule has 0 saturated heterocycles. The zero-order valence-electron chi connectivity index (χ0n) is 11.1. The van der Waals surface area contributed by atoms with Crippen LogP contribution in [0.25, 0.3) is 10.2 Å². The number of rotatable bonds is 3. The highest BCUT2D eigenvalue weighted by atomic mass is 32.1. The quantitative estimate of drug-likeness (QED) is 0.912. The van der Waals surface area contributed by atoms with E-state index in [1.807, 2.05) is 31.6 Å². The summed E-state index contributed by atoms with van der Waals surface area (Å²) in [5, 5.41) is 5.38. The van der Waals surface area contributed by atoms with Crippen LogP contribution < -0.4 is 5.73 Å². The van der Waals surface area contributed by atoms with Gasteiger partial charge in [-0.1, -0.05) is 0 Å². The number of amides is 1. The molecular weight excluding hydrogens is 248 g/mol. The average Bonchev–Trinajstić information content (AvgIpc) is 2.89. The second-order valence-corrected chi connectivity index (χ2v) is 5.57. The number of fused-ring (bicyclic) bond motifs is 1. The maximum absolute atomic E-state index is 12.3. The predicted molar refractivity (Wildman–Crippen MR) is 73.9 cm³/mol. The minimum absolute atomic E-state index is 0.0218. The van der Waals surface area contributed by atoms with E-state index in [1.165, 1.54) is 11.3 Å². The van der Waals surface area contributed by atoms with Crippen molar-refractivity contribution in [3.8, 4) is 0 Å². The lowest BCUT2D eigenvalue weighted by molar-refractivity contribution is 0.0753. The van der Waals surface area contributed by atoms with Crippen LogP contribution in [0.3, 0.4) is 0 Å². The molecule has 0 aliphatic rings. The molecule has 0 aromatic carbocycles. The maximum atomic E-state index is 12.3. The zero-order valence-corrected chi connectivity index (χ0v) is 11.9. The van der Waals surface area contributed by atoms with Gasteiger partial charge in [-0.25, -0.2) is 0 Å². The summed E-state index contributed by atoms with van der Waals surface area (Å²) in [6, 6.07) is 1.96. The van der Waals surface area contributed by atoms with E-state index in [-0.39, 0.29) is 11.9 Å². The summed E-state index contributed by atoms with van der Waals surface area (Å²) < 4.78 is 1.82. The fourth-order valence-electron chi connectivity index (χ4n) is 1.84. The molecule has 0 radical (unpaired) electrons. The van der Waals surface area contributed by atoms with Crippen LogP contribution in [-0.4, -0.2) is 40.2 Å². The van der Waals surface area contributed by atoms with Crippen molar-refractivity contribution in [1.29, 1.82) is 0 Å². The van der Waals surface area contributed by atoms with Crippen LogP contribution in [0.1, 0.15) is 22.3 Å². The summed E-state index contributed by atoms with van der Waals surface area (Å²) in [6.07, 6.45) is 0. The smallest absolute Gasteiger partial charge is 0.264 e. The van der Waals surface area contributed by atoms with E-state index in [9.17, 15) is 4.79 Å². The summed E-state index contributed by atoms with van der Waals surface area (Å²) in [6.45, 7) is 4.36. The minimum Gasteiger partial charge on any atom is -0.337 e. The standard InChI is InChI=1S/C12H18N4OS/c1-7(6-13)15(3)11(17)10-5-9-8(2)14-16(4)12(9)18-10/h5,7H,6,13H2,1-4H3. The number of aromatic nitrogens is 2. The van der Waals surface area contributed by atoms with E-state index < -0.39 is 0 Å². The lowest BCUT2D eigenvalue weighted by atomic mass is 10.2. The molecule has 98 valence electrons.